The number of amides is 1. The summed E-state index contributed by atoms with van der Waals surface area (Å²) < 4.78 is 59.9. The fraction of sp³-hybridized carbons (Fsp3) is 0.345. The Morgan fingerprint density at radius 1 is 1.00 bits per heavy atom. The van der Waals surface area contributed by atoms with E-state index in [1.54, 1.807) is 19.1 Å². The van der Waals surface area contributed by atoms with Crippen LogP contribution in [0.4, 0.5) is 0 Å². The van der Waals surface area contributed by atoms with E-state index in [0.717, 1.165) is 5.56 Å². The van der Waals surface area contributed by atoms with Gasteiger partial charge in [0.05, 0.1) is 29.3 Å². The van der Waals surface area contributed by atoms with Crippen LogP contribution in [0.25, 0.3) is 0 Å². The van der Waals surface area contributed by atoms with Crippen molar-refractivity contribution in [2.75, 3.05) is 18.1 Å². The summed E-state index contributed by atoms with van der Waals surface area (Å²) in [6, 6.07) is 18.2. The number of fused-ring (bicyclic) bond motifs is 1. The highest BCUT2D eigenvalue weighted by Crippen LogP contribution is 2.31. The van der Waals surface area contributed by atoms with Crippen molar-refractivity contribution in [1.29, 1.82) is 0 Å². The van der Waals surface area contributed by atoms with Crippen molar-refractivity contribution in [2.24, 2.45) is 17.6 Å². The van der Waals surface area contributed by atoms with E-state index < -0.39 is 61.1 Å². The molecule has 3 aromatic rings. The molecule has 1 aromatic heterocycles. The number of ether oxygens (including phenoxy) is 1. The summed E-state index contributed by atoms with van der Waals surface area (Å²) in [7, 11) is -8.60. The van der Waals surface area contributed by atoms with Gasteiger partial charge in [-0.25, -0.2) is 21.1 Å². The van der Waals surface area contributed by atoms with Gasteiger partial charge in [-0.15, -0.1) is 0 Å². The highest BCUT2D eigenvalue weighted by atomic mass is 32.2. The predicted molar refractivity (Wildman–Crippen MR) is 153 cm³/mol. The fourth-order valence-electron chi connectivity index (χ4n) is 4.73. The van der Waals surface area contributed by atoms with Gasteiger partial charge >= 0.3 is 0 Å². The summed E-state index contributed by atoms with van der Waals surface area (Å²) in [6.45, 7) is 3.47. The second-order valence-electron chi connectivity index (χ2n) is 10.3. The Kier molecular flexibility index (Phi) is 9.25. The number of nitrogens with zero attached hydrogens (tertiary/aromatic N) is 2. The van der Waals surface area contributed by atoms with Crippen molar-refractivity contribution in [3.8, 4) is 5.75 Å². The summed E-state index contributed by atoms with van der Waals surface area (Å²) >= 11 is 0. The van der Waals surface area contributed by atoms with Gasteiger partial charge in [-0.2, -0.15) is 0 Å². The molecule has 0 radical (unpaired) electrons. The number of ketones is 1. The van der Waals surface area contributed by atoms with Gasteiger partial charge < -0.3 is 10.5 Å². The molecule has 1 aliphatic heterocycles. The Labute approximate surface area is 240 Å². The minimum absolute atomic E-state index is 0.0170. The number of benzene rings is 2. The maximum atomic E-state index is 14.0. The molecule has 2 aromatic carbocycles. The fourth-order valence-corrected chi connectivity index (χ4v) is 8.00. The lowest BCUT2D eigenvalue weighted by atomic mass is 9.98. The van der Waals surface area contributed by atoms with Crippen molar-refractivity contribution in [1.82, 2.24) is 9.29 Å². The molecule has 0 saturated carbocycles. The standard InChI is InChI=1S/C29H33N3O7S2/c1-20(16-22-8-4-3-5-9-22)28(30)32(41(37,38)24-11-12-27-23(17-24)13-15-39-27)29(34)21(2)18-40(35,36)19-26(33)25-10-6-7-14-31-25/h3-12,14,17,20-21,28H,13,15-16,18-19,30H2,1-2H3/t20-,21?,28-/m0/s1. The Balaban J connectivity index is 1.62. The lowest BCUT2D eigenvalue weighted by molar-refractivity contribution is -0.131. The third kappa shape index (κ3) is 7.19. The molecule has 0 spiro atoms. The zero-order valence-corrected chi connectivity index (χ0v) is 24.5. The van der Waals surface area contributed by atoms with Gasteiger partial charge in [-0.1, -0.05) is 50.2 Å². The van der Waals surface area contributed by atoms with Crippen molar-refractivity contribution in [2.45, 2.75) is 37.8 Å². The lowest BCUT2D eigenvalue weighted by Crippen LogP contribution is -2.55. The highest BCUT2D eigenvalue weighted by molar-refractivity contribution is 7.92. The smallest absolute Gasteiger partial charge is 0.267 e. The Morgan fingerprint density at radius 3 is 2.39 bits per heavy atom. The largest absolute Gasteiger partial charge is 0.493 e. The minimum atomic E-state index is -4.49. The van der Waals surface area contributed by atoms with Crippen LogP contribution in [0.1, 0.15) is 35.5 Å². The molecule has 3 atom stereocenters. The molecule has 0 fully saturated rings. The molecule has 218 valence electrons. The molecule has 1 amide bonds. The third-order valence-electron chi connectivity index (χ3n) is 6.92. The number of aromatic nitrogens is 1. The minimum Gasteiger partial charge on any atom is -0.493 e. The van der Waals surface area contributed by atoms with Crippen LogP contribution in [0.15, 0.2) is 77.8 Å². The van der Waals surface area contributed by atoms with E-state index in [0.29, 0.717) is 35.1 Å². The van der Waals surface area contributed by atoms with Crippen LogP contribution in [-0.2, 0) is 37.5 Å². The molecule has 12 heteroatoms. The molecule has 0 aliphatic carbocycles. The zero-order valence-electron chi connectivity index (χ0n) is 22.8. The van der Waals surface area contributed by atoms with E-state index in [4.69, 9.17) is 10.5 Å². The number of carbonyl (C=O) groups is 2. The van der Waals surface area contributed by atoms with Crippen LogP contribution in [0.5, 0.6) is 5.75 Å². The van der Waals surface area contributed by atoms with Crippen LogP contribution in [0, 0.1) is 11.8 Å². The first-order valence-electron chi connectivity index (χ1n) is 13.2. The number of pyridine rings is 1. The SMILES string of the molecule is CC(CS(=O)(=O)CC(=O)c1ccccn1)C(=O)N([C@H](N)[C@@H](C)Cc1ccccc1)S(=O)(=O)c1ccc2c(c1)CCO2. The van der Waals surface area contributed by atoms with E-state index in [2.05, 4.69) is 4.98 Å². The first-order valence-corrected chi connectivity index (χ1v) is 16.4. The number of sulfonamides is 1. The molecule has 0 bridgehead atoms. The number of carbonyl (C=O) groups excluding carboxylic acids is 2. The molecule has 2 heterocycles. The van der Waals surface area contributed by atoms with Gasteiger partial charge in [0.25, 0.3) is 10.0 Å². The number of Topliss-reactive ketones (excluding diaryl/α,β-unsaturated/α-hetero) is 1. The number of hydrogen-bond donors (Lipinski definition) is 1. The Bertz CT molecular complexity index is 1610. The van der Waals surface area contributed by atoms with E-state index in [-0.39, 0.29) is 10.6 Å². The van der Waals surface area contributed by atoms with E-state index >= 15 is 0 Å². The van der Waals surface area contributed by atoms with Crippen molar-refractivity contribution < 1.29 is 31.2 Å². The van der Waals surface area contributed by atoms with Gasteiger partial charge in [0, 0.05) is 12.6 Å². The van der Waals surface area contributed by atoms with Crippen molar-refractivity contribution in [3.63, 3.8) is 0 Å². The summed E-state index contributed by atoms with van der Waals surface area (Å²) in [5, 5.41) is 0. The Hall–Kier alpha value is -3.61. The summed E-state index contributed by atoms with van der Waals surface area (Å²) in [6.07, 6.45) is 0.974. The van der Waals surface area contributed by atoms with Crippen LogP contribution in [0.2, 0.25) is 0 Å². The van der Waals surface area contributed by atoms with E-state index in [1.165, 1.54) is 37.4 Å². The average molecular weight is 600 g/mol. The van der Waals surface area contributed by atoms with Crippen molar-refractivity contribution >= 4 is 31.6 Å². The van der Waals surface area contributed by atoms with Crippen LogP contribution in [-0.4, -0.2) is 62.1 Å². The van der Waals surface area contributed by atoms with Crippen LogP contribution >= 0.6 is 0 Å². The van der Waals surface area contributed by atoms with Gasteiger partial charge in [0.1, 0.15) is 17.2 Å². The first-order chi connectivity index (χ1) is 19.4. The molecule has 0 saturated heterocycles. The van der Waals surface area contributed by atoms with E-state index in [9.17, 15) is 26.4 Å². The summed E-state index contributed by atoms with van der Waals surface area (Å²) in [5.41, 5.74) is 8.07. The second kappa shape index (κ2) is 12.5. The molecule has 2 N–H and O–H groups in total. The Morgan fingerprint density at radius 2 is 1.71 bits per heavy atom. The molecule has 1 aliphatic rings. The van der Waals surface area contributed by atoms with Gasteiger partial charge in [-0.05, 0) is 53.8 Å². The molecule has 10 nitrogen and oxygen atoms in total. The maximum absolute atomic E-state index is 14.0. The zero-order chi connectivity index (χ0) is 29.8. The molecule has 41 heavy (non-hydrogen) atoms. The number of hydrogen-bond acceptors (Lipinski definition) is 9. The maximum Gasteiger partial charge on any atom is 0.267 e. The number of nitrogens with two attached hydrogens (primary N) is 1. The van der Waals surface area contributed by atoms with Crippen molar-refractivity contribution in [3.05, 3.63) is 89.7 Å². The van der Waals surface area contributed by atoms with Gasteiger partial charge in [0.2, 0.25) is 5.91 Å². The average Bonchev–Trinajstić information content (AvgIpc) is 3.41. The van der Waals surface area contributed by atoms with Crippen LogP contribution in [0.3, 0.4) is 0 Å². The summed E-state index contributed by atoms with van der Waals surface area (Å²) in [5.74, 6) is -4.54. The molecule has 1 unspecified atom stereocenters. The third-order valence-corrected chi connectivity index (χ3v) is 10.4. The molecular weight excluding hydrogens is 566 g/mol. The van der Waals surface area contributed by atoms with Crippen LogP contribution < -0.4 is 10.5 Å². The quantitative estimate of drug-likeness (QED) is 0.244. The van der Waals surface area contributed by atoms with Gasteiger partial charge in [-0.3, -0.25) is 14.6 Å². The normalized spacial score (nSPS) is 15.3. The number of rotatable bonds is 12. The second-order valence-corrected chi connectivity index (χ2v) is 14.2. The topological polar surface area (TPSA) is 154 Å². The summed E-state index contributed by atoms with van der Waals surface area (Å²) in [4.78, 5) is 30.0. The molecular formula is C29H33N3O7S2. The monoisotopic (exact) mass is 599 g/mol. The molecule has 4 rings (SSSR count). The first kappa shape index (κ1) is 30.4. The van der Waals surface area contributed by atoms with Gasteiger partial charge in [0.15, 0.2) is 15.6 Å². The predicted octanol–water partition coefficient (Wildman–Crippen LogP) is 2.63. The van der Waals surface area contributed by atoms with E-state index in [1.807, 2.05) is 30.3 Å². The highest BCUT2D eigenvalue weighted by Gasteiger charge is 2.40. The number of sulfone groups is 1. The lowest BCUT2D eigenvalue weighted by Gasteiger charge is -2.34.